The van der Waals surface area contributed by atoms with E-state index in [1.54, 1.807) is 12.4 Å². The first-order valence-corrected chi connectivity index (χ1v) is 6.22. The van der Waals surface area contributed by atoms with Crippen molar-refractivity contribution < 1.29 is 0 Å². The van der Waals surface area contributed by atoms with Crippen LogP contribution in [0.2, 0.25) is 0 Å². The number of hydrogen-bond donors (Lipinski definition) is 1. The maximum absolute atomic E-state index is 6.14. The molecule has 1 unspecified atom stereocenters. The summed E-state index contributed by atoms with van der Waals surface area (Å²) < 4.78 is 1.98. The van der Waals surface area contributed by atoms with Gasteiger partial charge in [-0.1, -0.05) is 37.9 Å². The molecule has 82 valence electrons. The molecular formula is C11H9Br2N3. The number of rotatable bonds is 2. The van der Waals surface area contributed by atoms with Crippen LogP contribution in [0, 0.1) is 0 Å². The first-order valence-electron chi connectivity index (χ1n) is 4.64. The second kappa shape index (κ2) is 5.03. The van der Waals surface area contributed by atoms with E-state index in [9.17, 15) is 0 Å². The van der Waals surface area contributed by atoms with Gasteiger partial charge < -0.3 is 5.73 Å². The predicted molar refractivity (Wildman–Crippen MR) is 69.9 cm³/mol. The predicted octanol–water partition coefficient (Wildman–Crippen LogP) is 3.05. The summed E-state index contributed by atoms with van der Waals surface area (Å²) in [5, 5.41) is 0. The summed E-state index contributed by atoms with van der Waals surface area (Å²) in [5.74, 6) is 0. The van der Waals surface area contributed by atoms with Gasteiger partial charge in [0.15, 0.2) is 0 Å². The molecule has 0 saturated heterocycles. The van der Waals surface area contributed by atoms with E-state index in [2.05, 4.69) is 41.8 Å². The van der Waals surface area contributed by atoms with Crippen LogP contribution in [0.25, 0.3) is 0 Å². The highest BCUT2D eigenvalue weighted by atomic mass is 79.9. The number of benzene rings is 1. The summed E-state index contributed by atoms with van der Waals surface area (Å²) in [6.07, 6.45) is 4.95. The lowest BCUT2D eigenvalue weighted by molar-refractivity contribution is 0.845. The highest BCUT2D eigenvalue weighted by molar-refractivity contribution is 9.11. The molecule has 2 N–H and O–H groups in total. The maximum atomic E-state index is 6.14. The number of nitrogens with zero attached hydrogens (tertiary/aromatic N) is 2. The van der Waals surface area contributed by atoms with Crippen molar-refractivity contribution in [1.82, 2.24) is 9.97 Å². The minimum absolute atomic E-state index is 0.219. The molecule has 1 aromatic carbocycles. The lowest BCUT2D eigenvalue weighted by Gasteiger charge is -2.13. The van der Waals surface area contributed by atoms with Gasteiger partial charge in [0.25, 0.3) is 0 Å². The van der Waals surface area contributed by atoms with Crippen LogP contribution in [-0.2, 0) is 0 Å². The third kappa shape index (κ3) is 2.48. The molecule has 1 aromatic heterocycles. The second-order valence-corrected chi connectivity index (χ2v) is 5.09. The molecule has 2 aromatic rings. The van der Waals surface area contributed by atoms with Gasteiger partial charge in [0.1, 0.15) is 6.33 Å². The van der Waals surface area contributed by atoms with Crippen molar-refractivity contribution in [2.75, 3.05) is 0 Å². The molecule has 0 aliphatic heterocycles. The van der Waals surface area contributed by atoms with E-state index >= 15 is 0 Å². The lowest BCUT2D eigenvalue weighted by Crippen LogP contribution is -2.13. The van der Waals surface area contributed by atoms with Crippen molar-refractivity contribution in [2.24, 2.45) is 5.73 Å². The quantitative estimate of drug-likeness (QED) is 0.912. The molecule has 2 rings (SSSR count). The Morgan fingerprint density at radius 1 is 1.12 bits per heavy atom. The monoisotopic (exact) mass is 341 g/mol. The van der Waals surface area contributed by atoms with Crippen LogP contribution < -0.4 is 5.73 Å². The third-order valence-corrected chi connectivity index (χ3v) is 3.42. The summed E-state index contributed by atoms with van der Waals surface area (Å²) >= 11 is 6.90. The highest BCUT2D eigenvalue weighted by Crippen LogP contribution is 2.28. The van der Waals surface area contributed by atoms with Crippen molar-refractivity contribution >= 4 is 31.9 Å². The SMILES string of the molecule is NC(c1cncnc1)c1ccc(Br)cc1Br. The average molecular weight is 343 g/mol. The van der Waals surface area contributed by atoms with Crippen molar-refractivity contribution in [3.05, 3.63) is 57.0 Å². The number of aromatic nitrogens is 2. The van der Waals surface area contributed by atoms with Crippen molar-refractivity contribution in [2.45, 2.75) is 6.04 Å². The van der Waals surface area contributed by atoms with Gasteiger partial charge in [0.05, 0.1) is 6.04 Å². The fourth-order valence-corrected chi connectivity index (χ4v) is 2.70. The van der Waals surface area contributed by atoms with Crippen LogP contribution in [0.3, 0.4) is 0 Å². The Morgan fingerprint density at radius 2 is 1.81 bits per heavy atom. The van der Waals surface area contributed by atoms with Gasteiger partial charge in [-0.3, -0.25) is 0 Å². The Labute approximate surface area is 110 Å². The largest absolute Gasteiger partial charge is 0.320 e. The van der Waals surface area contributed by atoms with Crippen LogP contribution in [0.4, 0.5) is 0 Å². The number of halogens is 2. The van der Waals surface area contributed by atoms with E-state index in [0.717, 1.165) is 20.1 Å². The molecule has 0 fully saturated rings. The zero-order valence-corrected chi connectivity index (χ0v) is 11.4. The molecule has 0 bridgehead atoms. The Balaban J connectivity index is 2.38. The lowest BCUT2D eigenvalue weighted by atomic mass is 10.0. The van der Waals surface area contributed by atoms with E-state index in [1.807, 2.05) is 18.2 Å². The minimum atomic E-state index is -0.219. The van der Waals surface area contributed by atoms with Crippen LogP contribution >= 0.6 is 31.9 Å². The van der Waals surface area contributed by atoms with Crippen molar-refractivity contribution in [3.63, 3.8) is 0 Å². The van der Waals surface area contributed by atoms with Crippen LogP contribution in [-0.4, -0.2) is 9.97 Å². The topological polar surface area (TPSA) is 51.8 Å². The Morgan fingerprint density at radius 3 is 2.44 bits per heavy atom. The number of nitrogens with two attached hydrogens (primary N) is 1. The van der Waals surface area contributed by atoms with Gasteiger partial charge in [0.2, 0.25) is 0 Å². The van der Waals surface area contributed by atoms with Gasteiger partial charge >= 0.3 is 0 Å². The van der Waals surface area contributed by atoms with Gasteiger partial charge in [0, 0.05) is 26.9 Å². The van der Waals surface area contributed by atoms with E-state index in [4.69, 9.17) is 5.73 Å². The van der Waals surface area contributed by atoms with Crippen LogP contribution in [0.1, 0.15) is 17.2 Å². The van der Waals surface area contributed by atoms with E-state index in [1.165, 1.54) is 6.33 Å². The summed E-state index contributed by atoms with van der Waals surface area (Å²) in [7, 11) is 0. The fraction of sp³-hybridized carbons (Fsp3) is 0.0909. The Kier molecular flexibility index (Phi) is 3.68. The van der Waals surface area contributed by atoms with E-state index < -0.39 is 0 Å². The maximum Gasteiger partial charge on any atom is 0.115 e. The summed E-state index contributed by atoms with van der Waals surface area (Å²) in [6, 6.07) is 5.69. The zero-order chi connectivity index (χ0) is 11.5. The molecule has 3 nitrogen and oxygen atoms in total. The van der Waals surface area contributed by atoms with Gasteiger partial charge in [-0.05, 0) is 17.7 Å². The summed E-state index contributed by atoms with van der Waals surface area (Å²) in [4.78, 5) is 7.93. The molecule has 0 amide bonds. The third-order valence-electron chi connectivity index (χ3n) is 2.24. The molecule has 1 atom stereocenters. The molecule has 0 radical (unpaired) electrons. The number of hydrogen-bond acceptors (Lipinski definition) is 3. The zero-order valence-electron chi connectivity index (χ0n) is 8.27. The van der Waals surface area contributed by atoms with E-state index in [-0.39, 0.29) is 6.04 Å². The van der Waals surface area contributed by atoms with Gasteiger partial charge in [-0.25, -0.2) is 9.97 Å². The fourth-order valence-electron chi connectivity index (χ4n) is 1.40. The summed E-state index contributed by atoms with van der Waals surface area (Å²) in [5.41, 5.74) is 8.05. The molecule has 1 heterocycles. The molecule has 0 aliphatic carbocycles. The van der Waals surface area contributed by atoms with Crippen molar-refractivity contribution in [3.8, 4) is 0 Å². The Bertz CT molecular complexity index is 488. The van der Waals surface area contributed by atoms with Crippen molar-refractivity contribution in [1.29, 1.82) is 0 Å². The standard InChI is InChI=1S/C11H9Br2N3/c12-8-1-2-9(10(13)3-8)11(14)7-4-15-6-16-5-7/h1-6,11H,14H2. The molecule has 16 heavy (non-hydrogen) atoms. The second-order valence-electron chi connectivity index (χ2n) is 3.32. The first-order chi connectivity index (χ1) is 7.68. The molecule has 0 saturated carbocycles. The molecule has 0 spiro atoms. The molecule has 0 aliphatic rings. The molecule has 5 heteroatoms. The highest BCUT2D eigenvalue weighted by Gasteiger charge is 2.12. The average Bonchev–Trinajstić information content (AvgIpc) is 2.29. The van der Waals surface area contributed by atoms with Gasteiger partial charge in [-0.15, -0.1) is 0 Å². The minimum Gasteiger partial charge on any atom is -0.320 e. The smallest absolute Gasteiger partial charge is 0.115 e. The normalized spacial score (nSPS) is 12.4. The van der Waals surface area contributed by atoms with Crippen LogP contribution in [0.15, 0.2) is 45.9 Å². The first kappa shape index (κ1) is 11.7. The van der Waals surface area contributed by atoms with Gasteiger partial charge in [-0.2, -0.15) is 0 Å². The summed E-state index contributed by atoms with van der Waals surface area (Å²) in [6.45, 7) is 0. The molecular weight excluding hydrogens is 334 g/mol. The Hall–Kier alpha value is -0.780. The van der Waals surface area contributed by atoms with Crippen LogP contribution in [0.5, 0.6) is 0 Å². The van der Waals surface area contributed by atoms with E-state index in [0.29, 0.717) is 0 Å².